The lowest BCUT2D eigenvalue weighted by Gasteiger charge is -2.12. The van der Waals surface area contributed by atoms with Crippen molar-refractivity contribution in [3.05, 3.63) is 36.2 Å². The second-order valence-corrected chi connectivity index (χ2v) is 4.28. The van der Waals surface area contributed by atoms with Crippen LogP contribution in [0.3, 0.4) is 0 Å². The summed E-state index contributed by atoms with van der Waals surface area (Å²) in [4.78, 5) is 16.6. The van der Waals surface area contributed by atoms with Crippen molar-refractivity contribution in [2.75, 3.05) is 24.3 Å². The summed E-state index contributed by atoms with van der Waals surface area (Å²) in [6.07, 6.45) is 1.19. The summed E-state index contributed by atoms with van der Waals surface area (Å²) in [5, 5.41) is 11.6. The molecule has 6 heteroatoms. The van der Waals surface area contributed by atoms with Crippen molar-refractivity contribution in [3.63, 3.8) is 0 Å². The standard InChI is InChI=1S/C13H15N3O3/c1-16(2)11-5-3-9(4-6-11)14-13-15-10(8-19-13)7-12(17)18/h3-6,8H,7H2,1-2H3,(H,14,15)(H,17,18). The van der Waals surface area contributed by atoms with E-state index in [0.29, 0.717) is 5.69 Å². The van der Waals surface area contributed by atoms with Crippen LogP contribution < -0.4 is 10.2 Å². The maximum Gasteiger partial charge on any atom is 0.309 e. The predicted octanol–water partition coefficient (Wildman–Crippen LogP) is 2.11. The number of carboxylic acids is 1. The van der Waals surface area contributed by atoms with Crippen molar-refractivity contribution >= 4 is 23.4 Å². The van der Waals surface area contributed by atoms with Crippen LogP contribution in [0.15, 0.2) is 34.9 Å². The number of aliphatic carboxylic acids is 1. The quantitative estimate of drug-likeness (QED) is 0.858. The number of oxazole rings is 1. The molecule has 0 bridgehead atoms. The van der Waals surface area contributed by atoms with Gasteiger partial charge >= 0.3 is 5.97 Å². The third kappa shape index (κ3) is 3.48. The Kier molecular flexibility index (Phi) is 3.70. The topological polar surface area (TPSA) is 78.6 Å². The highest BCUT2D eigenvalue weighted by molar-refractivity contribution is 5.69. The summed E-state index contributed by atoms with van der Waals surface area (Å²) >= 11 is 0. The summed E-state index contributed by atoms with van der Waals surface area (Å²) in [6.45, 7) is 0. The average Bonchev–Trinajstić information content (AvgIpc) is 2.76. The Hall–Kier alpha value is -2.50. The first-order valence-corrected chi connectivity index (χ1v) is 5.75. The normalized spacial score (nSPS) is 10.2. The van der Waals surface area contributed by atoms with E-state index in [2.05, 4.69) is 10.3 Å². The number of nitrogens with one attached hydrogen (secondary N) is 1. The molecule has 0 radical (unpaired) electrons. The van der Waals surface area contributed by atoms with Gasteiger partial charge in [0.1, 0.15) is 6.26 Å². The Bertz CT molecular complexity index is 561. The first-order chi connectivity index (χ1) is 9.04. The van der Waals surface area contributed by atoms with Crippen LogP contribution in [0.4, 0.5) is 17.4 Å². The molecule has 0 unspecified atom stereocenters. The monoisotopic (exact) mass is 261 g/mol. The highest BCUT2D eigenvalue weighted by Gasteiger charge is 2.07. The van der Waals surface area contributed by atoms with Gasteiger partial charge in [-0.3, -0.25) is 4.79 Å². The molecule has 100 valence electrons. The molecule has 1 heterocycles. The molecule has 2 aromatic rings. The number of nitrogens with zero attached hydrogens (tertiary/aromatic N) is 2. The van der Waals surface area contributed by atoms with Gasteiger partial charge in [0, 0.05) is 25.5 Å². The molecule has 0 amide bonds. The molecular formula is C13H15N3O3. The summed E-state index contributed by atoms with van der Waals surface area (Å²) in [5.74, 6) is -0.935. The minimum atomic E-state index is -0.935. The molecule has 1 aromatic heterocycles. The van der Waals surface area contributed by atoms with Crippen molar-refractivity contribution in [2.24, 2.45) is 0 Å². The highest BCUT2D eigenvalue weighted by Crippen LogP contribution is 2.19. The zero-order valence-electron chi connectivity index (χ0n) is 10.8. The predicted molar refractivity (Wildman–Crippen MR) is 71.9 cm³/mol. The van der Waals surface area contributed by atoms with Gasteiger partial charge in [-0.05, 0) is 24.3 Å². The molecule has 1 aromatic carbocycles. The van der Waals surface area contributed by atoms with Crippen LogP contribution in [0.5, 0.6) is 0 Å². The lowest BCUT2D eigenvalue weighted by Crippen LogP contribution is -2.08. The van der Waals surface area contributed by atoms with Crippen LogP contribution in [-0.2, 0) is 11.2 Å². The number of carbonyl (C=O) groups is 1. The fourth-order valence-electron chi connectivity index (χ4n) is 1.57. The lowest BCUT2D eigenvalue weighted by molar-refractivity contribution is -0.136. The molecule has 0 saturated carbocycles. The Labute approximate surface area is 110 Å². The molecule has 0 fully saturated rings. The second-order valence-electron chi connectivity index (χ2n) is 4.28. The number of anilines is 3. The van der Waals surface area contributed by atoms with Gasteiger partial charge in [0.15, 0.2) is 0 Å². The fraction of sp³-hybridized carbons (Fsp3) is 0.231. The molecule has 2 N–H and O–H groups in total. The average molecular weight is 261 g/mol. The van der Waals surface area contributed by atoms with Gasteiger partial charge in [-0.15, -0.1) is 0 Å². The van der Waals surface area contributed by atoms with Crippen molar-refractivity contribution in [2.45, 2.75) is 6.42 Å². The molecule has 0 spiro atoms. The van der Waals surface area contributed by atoms with Crippen LogP contribution in [0, 0.1) is 0 Å². The van der Waals surface area contributed by atoms with E-state index < -0.39 is 5.97 Å². The minimum Gasteiger partial charge on any atom is -0.481 e. The third-order valence-electron chi connectivity index (χ3n) is 2.52. The molecule has 0 aliphatic carbocycles. The molecule has 0 aliphatic heterocycles. The van der Waals surface area contributed by atoms with E-state index >= 15 is 0 Å². The summed E-state index contributed by atoms with van der Waals surface area (Å²) < 4.78 is 5.15. The van der Waals surface area contributed by atoms with Crippen LogP contribution in [0.2, 0.25) is 0 Å². The van der Waals surface area contributed by atoms with Gasteiger partial charge in [-0.2, -0.15) is 4.98 Å². The number of benzene rings is 1. The number of rotatable bonds is 5. The third-order valence-corrected chi connectivity index (χ3v) is 2.52. The maximum absolute atomic E-state index is 10.5. The maximum atomic E-state index is 10.5. The molecule has 19 heavy (non-hydrogen) atoms. The van der Waals surface area contributed by atoms with E-state index in [1.807, 2.05) is 43.3 Å². The van der Waals surface area contributed by atoms with Crippen molar-refractivity contribution in [3.8, 4) is 0 Å². The van der Waals surface area contributed by atoms with Gasteiger partial charge in [0.2, 0.25) is 0 Å². The molecule has 0 atom stereocenters. The number of aromatic nitrogens is 1. The van der Waals surface area contributed by atoms with Gasteiger partial charge in [0.05, 0.1) is 12.1 Å². The lowest BCUT2D eigenvalue weighted by atomic mass is 10.2. The van der Waals surface area contributed by atoms with E-state index in [-0.39, 0.29) is 12.4 Å². The summed E-state index contributed by atoms with van der Waals surface area (Å²) in [7, 11) is 3.93. The van der Waals surface area contributed by atoms with Crippen molar-refractivity contribution < 1.29 is 14.3 Å². The second kappa shape index (κ2) is 5.43. The fourth-order valence-corrected chi connectivity index (χ4v) is 1.57. The SMILES string of the molecule is CN(C)c1ccc(Nc2nc(CC(=O)O)co2)cc1. The van der Waals surface area contributed by atoms with Crippen molar-refractivity contribution in [1.82, 2.24) is 4.98 Å². The van der Waals surface area contributed by atoms with Gasteiger partial charge < -0.3 is 19.7 Å². The zero-order chi connectivity index (χ0) is 13.8. The Morgan fingerprint density at radius 3 is 2.63 bits per heavy atom. The van der Waals surface area contributed by atoms with Gasteiger partial charge in [-0.25, -0.2) is 0 Å². The largest absolute Gasteiger partial charge is 0.481 e. The van der Waals surface area contributed by atoms with E-state index in [1.54, 1.807) is 0 Å². The Balaban J connectivity index is 2.04. The number of hydrogen-bond acceptors (Lipinski definition) is 5. The van der Waals surface area contributed by atoms with Crippen LogP contribution in [0.1, 0.15) is 5.69 Å². The Morgan fingerprint density at radius 2 is 2.05 bits per heavy atom. The van der Waals surface area contributed by atoms with Gasteiger partial charge in [0.25, 0.3) is 6.01 Å². The van der Waals surface area contributed by atoms with Crippen LogP contribution >= 0.6 is 0 Å². The molecular weight excluding hydrogens is 246 g/mol. The first-order valence-electron chi connectivity index (χ1n) is 5.75. The van der Waals surface area contributed by atoms with E-state index in [9.17, 15) is 4.79 Å². The van der Waals surface area contributed by atoms with Crippen LogP contribution in [-0.4, -0.2) is 30.2 Å². The van der Waals surface area contributed by atoms with E-state index in [0.717, 1.165) is 11.4 Å². The number of carboxylic acid groups (broad SMARTS) is 1. The molecule has 2 rings (SSSR count). The summed E-state index contributed by atoms with van der Waals surface area (Å²) in [5.41, 5.74) is 2.30. The Morgan fingerprint density at radius 1 is 1.37 bits per heavy atom. The van der Waals surface area contributed by atoms with Crippen molar-refractivity contribution in [1.29, 1.82) is 0 Å². The highest BCUT2D eigenvalue weighted by atomic mass is 16.4. The summed E-state index contributed by atoms with van der Waals surface area (Å²) in [6, 6.07) is 8.01. The van der Waals surface area contributed by atoms with Crippen LogP contribution in [0.25, 0.3) is 0 Å². The zero-order valence-corrected chi connectivity index (χ0v) is 10.8. The smallest absolute Gasteiger partial charge is 0.309 e. The first kappa shape index (κ1) is 12.9. The molecule has 0 saturated heterocycles. The number of hydrogen-bond donors (Lipinski definition) is 2. The van der Waals surface area contributed by atoms with E-state index in [4.69, 9.17) is 9.52 Å². The minimum absolute atomic E-state index is 0.148. The van der Waals surface area contributed by atoms with E-state index in [1.165, 1.54) is 6.26 Å². The molecule has 6 nitrogen and oxygen atoms in total. The van der Waals surface area contributed by atoms with Gasteiger partial charge in [-0.1, -0.05) is 0 Å². The molecule has 0 aliphatic rings.